The summed E-state index contributed by atoms with van der Waals surface area (Å²) in [6, 6.07) is 2.68. The predicted octanol–water partition coefficient (Wildman–Crippen LogP) is 1.09. The van der Waals surface area contributed by atoms with Crippen LogP contribution in [0.2, 0.25) is 0 Å². The molecule has 0 saturated carbocycles. The van der Waals surface area contributed by atoms with Crippen LogP contribution in [0.1, 0.15) is 19.8 Å². The fourth-order valence-electron chi connectivity index (χ4n) is 2.64. The van der Waals surface area contributed by atoms with Crippen molar-refractivity contribution in [2.24, 2.45) is 5.92 Å². The topological polar surface area (TPSA) is 78.5 Å². The van der Waals surface area contributed by atoms with Gasteiger partial charge in [0, 0.05) is 31.6 Å². The lowest BCUT2D eigenvalue weighted by Crippen LogP contribution is -2.45. The molecule has 1 aliphatic heterocycles. The van der Waals surface area contributed by atoms with Crippen LogP contribution in [0.5, 0.6) is 0 Å². The lowest BCUT2D eigenvalue weighted by atomic mass is 9.97. The molecule has 0 bridgehead atoms. The average molecular weight is 375 g/mol. The van der Waals surface area contributed by atoms with E-state index in [0.717, 1.165) is 12.1 Å². The number of nitrogens with zero attached hydrogens (tertiary/aromatic N) is 1. The molecule has 25 heavy (non-hydrogen) atoms. The van der Waals surface area contributed by atoms with Gasteiger partial charge in [0.15, 0.2) is 11.6 Å². The van der Waals surface area contributed by atoms with Crippen LogP contribution in [-0.4, -0.2) is 51.4 Å². The van der Waals surface area contributed by atoms with Crippen LogP contribution < -0.4 is 10.6 Å². The van der Waals surface area contributed by atoms with E-state index in [1.54, 1.807) is 7.05 Å². The van der Waals surface area contributed by atoms with Crippen molar-refractivity contribution in [3.63, 3.8) is 0 Å². The SMILES string of the molecule is CNC(C)CNC(=O)C1CCN(S(=O)(=O)c2ccc(F)c(F)c2)CC1. The third kappa shape index (κ3) is 4.74. The van der Waals surface area contributed by atoms with E-state index < -0.39 is 21.7 Å². The van der Waals surface area contributed by atoms with Crippen molar-refractivity contribution in [1.82, 2.24) is 14.9 Å². The second-order valence-corrected chi connectivity index (χ2v) is 8.13. The van der Waals surface area contributed by atoms with Gasteiger partial charge in [-0.05, 0) is 45.0 Å². The first-order valence-electron chi connectivity index (χ1n) is 8.16. The minimum Gasteiger partial charge on any atom is -0.354 e. The number of sulfonamides is 1. The van der Waals surface area contributed by atoms with Crippen molar-refractivity contribution in [3.8, 4) is 0 Å². The Hall–Kier alpha value is -1.58. The normalized spacial score (nSPS) is 18.1. The van der Waals surface area contributed by atoms with Crippen LogP contribution in [0.25, 0.3) is 0 Å². The molecule has 9 heteroatoms. The van der Waals surface area contributed by atoms with Crippen molar-refractivity contribution in [1.29, 1.82) is 0 Å². The van der Waals surface area contributed by atoms with Crippen molar-refractivity contribution >= 4 is 15.9 Å². The summed E-state index contributed by atoms with van der Waals surface area (Å²) in [5, 5.41) is 5.86. The van der Waals surface area contributed by atoms with Gasteiger partial charge in [-0.3, -0.25) is 4.79 Å². The lowest BCUT2D eigenvalue weighted by molar-refractivity contribution is -0.126. The molecule has 1 unspecified atom stereocenters. The molecular formula is C16H23F2N3O3S. The average Bonchev–Trinajstić information content (AvgIpc) is 2.61. The van der Waals surface area contributed by atoms with Gasteiger partial charge in [-0.2, -0.15) is 4.31 Å². The van der Waals surface area contributed by atoms with Crippen molar-refractivity contribution in [3.05, 3.63) is 29.8 Å². The molecule has 0 aromatic heterocycles. The molecule has 1 aliphatic rings. The Balaban J connectivity index is 1.96. The monoisotopic (exact) mass is 375 g/mol. The number of halogens is 2. The van der Waals surface area contributed by atoms with E-state index in [1.807, 2.05) is 6.92 Å². The Kier molecular flexibility index (Phi) is 6.47. The number of piperidine rings is 1. The van der Waals surface area contributed by atoms with E-state index in [9.17, 15) is 22.0 Å². The van der Waals surface area contributed by atoms with Crippen LogP contribution in [-0.2, 0) is 14.8 Å². The van der Waals surface area contributed by atoms with Crippen LogP contribution in [0.15, 0.2) is 23.1 Å². The summed E-state index contributed by atoms with van der Waals surface area (Å²) in [6.45, 7) is 2.78. The molecule has 1 aromatic rings. The first-order chi connectivity index (χ1) is 11.8. The highest BCUT2D eigenvalue weighted by Gasteiger charge is 2.32. The maximum atomic E-state index is 13.3. The Morgan fingerprint density at radius 2 is 1.92 bits per heavy atom. The summed E-state index contributed by atoms with van der Waals surface area (Å²) in [5.74, 6) is -2.63. The highest BCUT2D eigenvalue weighted by atomic mass is 32.2. The molecule has 2 N–H and O–H groups in total. The zero-order valence-electron chi connectivity index (χ0n) is 14.3. The van der Waals surface area contributed by atoms with Gasteiger partial charge in [-0.1, -0.05) is 0 Å². The molecule has 0 aliphatic carbocycles. The minimum atomic E-state index is -3.90. The van der Waals surface area contributed by atoms with Gasteiger partial charge in [-0.25, -0.2) is 17.2 Å². The number of amides is 1. The van der Waals surface area contributed by atoms with E-state index in [2.05, 4.69) is 10.6 Å². The van der Waals surface area contributed by atoms with Gasteiger partial charge >= 0.3 is 0 Å². The number of hydrogen-bond donors (Lipinski definition) is 2. The molecule has 1 aromatic carbocycles. The Morgan fingerprint density at radius 1 is 1.28 bits per heavy atom. The number of nitrogens with one attached hydrogen (secondary N) is 2. The van der Waals surface area contributed by atoms with E-state index >= 15 is 0 Å². The van der Waals surface area contributed by atoms with Gasteiger partial charge in [-0.15, -0.1) is 0 Å². The predicted molar refractivity (Wildman–Crippen MR) is 89.4 cm³/mol. The van der Waals surface area contributed by atoms with Gasteiger partial charge in [0.25, 0.3) is 0 Å². The maximum absolute atomic E-state index is 13.3. The number of carbonyl (C=O) groups excluding carboxylic acids is 1. The van der Waals surface area contributed by atoms with Gasteiger partial charge in [0.1, 0.15) is 0 Å². The molecular weight excluding hydrogens is 352 g/mol. The summed E-state index contributed by atoms with van der Waals surface area (Å²) in [6.07, 6.45) is 0.783. The number of likely N-dealkylation sites (N-methyl/N-ethyl adjacent to an activating group) is 1. The summed E-state index contributed by atoms with van der Waals surface area (Å²) in [4.78, 5) is 11.8. The number of hydrogen-bond acceptors (Lipinski definition) is 4. The largest absolute Gasteiger partial charge is 0.354 e. The summed E-state index contributed by atoms with van der Waals surface area (Å²) in [5.41, 5.74) is 0. The molecule has 1 amide bonds. The lowest BCUT2D eigenvalue weighted by Gasteiger charge is -2.30. The summed E-state index contributed by atoms with van der Waals surface area (Å²) < 4.78 is 52.5. The van der Waals surface area contributed by atoms with Crippen molar-refractivity contribution in [2.75, 3.05) is 26.7 Å². The first-order valence-corrected chi connectivity index (χ1v) is 9.60. The van der Waals surface area contributed by atoms with Gasteiger partial charge in [0.2, 0.25) is 15.9 Å². The Bertz CT molecular complexity index is 719. The highest BCUT2D eigenvalue weighted by molar-refractivity contribution is 7.89. The zero-order chi connectivity index (χ0) is 18.6. The molecule has 1 fully saturated rings. The molecule has 1 atom stereocenters. The summed E-state index contributed by atoms with van der Waals surface area (Å²) >= 11 is 0. The van der Waals surface area contributed by atoms with Crippen molar-refractivity contribution in [2.45, 2.75) is 30.7 Å². The molecule has 0 spiro atoms. The van der Waals surface area contributed by atoms with Crippen LogP contribution in [0, 0.1) is 17.6 Å². The fourth-order valence-corrected chi connectivity index (χ4v) is 4.13. The van der Waals surface area contributed by atoms with E-state index in [1.165, 1.54) is 4.31 Å². The fraction of sp³-hybridized carbons (Fsp3) is 0.562. The van der Waals surface area contributed by atoms with Crippen molar-refractivity contribution < 1.29 is 22.0 Å². The molecule has 6 nitrogen and oxygen atoms in total. The highest BCUT2D eigenvalue weighted by Crippen LogP contribution is 2.24. The van der Waals surface area contributed by atoms with Gasteiger partial charge in [0.05, 0.1) is 4.90 Å². The molecule has 2 rings (SSSR count). The standard InChI is InChI=1S/C16H23F2N3O3S/c1-11(19-2)10-20-16(22)12-5-7-21(8-6-12)25(23,24)13-3-4-14(17)15(18)9-13/h3-4,9,11-12,19H,5-8,10H2,1-2H3,(H,20,22). The zero-order valence-corrected chi connectivity index (χ0v) is 15.1. The smallest absolute Gasteiger partial charge is 0.243 e. The number of benzene rings is 1. The van der Waals surface area contributed by atoms with E-state index in [0.29, 0.717) is 25.5 Å². The van der Waals surface area contributed by atoms with Crippen LogP contribution >= 0.6 is 0 Å². The summed E-state index contributed by atoms with van der Waals surface area (Å²) in [7, 11) is -2.09. The number of carbonyl (C=O) groups is 1. The third-order valence-electron chi connectivity index (χ3n) is 4.43. The quantitative estimate of drug-likeness (QED) is 0.780. The van der Waals surface area contributed by atoms with Gasteiger partial charge < -0.3 is 10.6 Å². The van der Waals surface area contributed by atoms with Crippen LogP contribution in [0.3, 0.4) is 0 Å². The second-order valence-electron chi connectivity index (χ2n) is 6.19. The maximum Gasteiger partial charge on any atom is 0.243 e. The molecule has 1 saturated heterocycles. The molecule has 140 valence electrons. The Morgan fingerprint density at radius 3 is 2.48 bits per heavy atom. The second kappa shape index (κ2) is 8.20. The minimum absolute atomic E-state index is 0.0908. The van der Waals surface area contributed by atoms with E-state index in [-0.39, 0.29) is 35.9 Å². The first kappa shape index (κ1) is 19.7. The van der Waals surface area contributed by atoms with E-state index in [4.69, 9.17) is 0 Å². The third-order valence-corrected chi connectivity index (χ3v) is 6.32. The molecule has 1 heterocycles. The Labute approximate surface area is 146 Å². The molecule has 0 radical (unpaired) electrons. The van der Waals surface area contributed by atoms with Crippen LogP contribution in [0.4, 0.5) is 8.78 Å². The number of rotatable bonds is 6.